The van der Waals surface area contributed by atoms with Gasteiger partial charge in [-0.1, -0.05) is 6.42 Å². The minimum Gasteiger partial charge on any atom is -0.284 e. The van der Waals surface area contributed by atoms with Gasteiger partial charge >= 0.3 is 0 Å². The maximum Gasteiger partial charge on any atom is 0.267 e. The van der Waals surface area contributed by atoms with Crippen LogP contribution < -0.4 is 5.43 Å². The quantitative estimate of drug-likeness (QED) is 0.814. The molecule has 18 heavy (non-hydrogen) atoms. The summed E-state index contributed by atoms with van der Waals surface area (Å²) in [7, 11) is 0. The minimum atomic E-state index is -0.0376. The molecule has 0 spiro atoms. The van der Waals surface area contributed by atoms with Gasteiger partial charge in [0.1, 0.15) is 0 Å². The van der Waals surface area contributed by atoms with Crippen molar-refractivity contribution < 1.29 is 4.79 Å². The van der Waals surface area contributed by atoms with E-state index in [1.165, 1.54) is 17.8 Å². The van der Waals surface area contributed by atoms with Gasteiger partial charge in [-0.2, -0.15) is 0 Å². The van der Waals surface area contributed by atoms with Crippen LogP contribution in [0.4, 0.5) is 0 Å². The molecule has 1 amide bonds. The number of hydrazine groups is 1. The number of carbonyl (C=O) groups is 1. The number of hydrogen-bond donors (Lipinski definition) is 1. The number of halogens is 2. The Labute approximate surface area is 128 Å². The Morgan fingerprint density at radius 1 is 1.39 bits per heavy atom. The van der Waals surface area contributed by atoms with E-state index >= 15 is 0 Å². The number of hydrogen-bond acceptors (Lipinski definition) is 3. The lowest BCUT2D eigenvalue weighted by molar-refractivity contribution is 0.0369. The molecule has 0 bridgehead atoms. The van der Waals surface area contributed by atoms with Crippen molar-refractivity contribution in [2.24, 2.45) is 0 Å². The Hall–Kier alpha value is 0.0900. The predicted molar refractivity (Wildman–Crippen MR) is 81.8 cm³/mol. The number of amides is 1. The van der Waals surface area contributed by atoms with Crippen LogP contribution >= 0.6 is 43.2 Å². The van der Waals surface area contributed by atoms with Crippen LogP contribution in [0.3, 0.4) is 0 Å². The van der Waals surface area contributed by atoms with E-state index in [0.29, 0.717) is 17.6 Å². The Balaban J connectivity index is 2.08. The average molecular weight is 396 g/mol. The van der Waals surface area contributed by atoms with Crippen molar-refractivity contribution in [2.75, 3.05) is 0 Å². The Bertz CT molecular complexity index is 439. The van der Waals surface area contributed by atoms with Crippen molar-refractivity contribution in [1.82, 2.24) is 10.4 Å². The zero-order valence-electron chi connectivity index (χ0n) is 10.4. The molecule has 100 valence electrons. The molecule has 0 aliphatic carbocycles. The zero-order chi connectivity index (χ0) is 13.3. The highest BCUT2D eigenvalue weighted by atomic mass is 79.9. The van der Waals surface area contributed by atoms with Crippen molar-refractivity contribution in [3.8, 4) is 0 Å². The fraction of sp³-hybridized carbons (Fsp3) is 0.583. The summed E-state index contributed by atoms with van der Waals surface area (Å²) in [6.07, 6.45) is 3.51. The molecule has 0 aromatic carbocycles. The molecule has 1 aliphatic heterocycles. The average Bonchev–Trinajstić information content (AvgIpc) is 2.63. The maximum absolute atomic E-state index is 12.2. The highest BCUT2D eigenvalue weighted by Crippen LogP contribution is 2.32. The van der Waals surface area contributed by atoms with Gasteiger partial charge in [-0.3, -0.25) is 10.2 Å². The van der Waals surface area contributed by atoms with E-state index in [1.54, 1.807) is 0 Å². The van der Waals surface area contributed by atoms with Gasteiger partial charge in [0, 0.05) is 12.1 Å². The molecule has 1 saturated heterocycles. The van der Waals surface area contributed by atoms with E-state index in [-0.39, 0.29) is 5.91 Å². The second-order valence-electron chi connectivity index (χ2n) is 4.72. The third kappa shape index (κ3) is 3.15. The molecule has 2 unspecified atom stereocenters. The molecular formula is C12H16Br2N2OS. The van der Waals surface area contributed by atoms with Crippen molar-refractivity contribution in [2.45, 2.75) is 45.2 Å². The first kappa shape index (κ1) is 14.5. The van der Waals surface area contributed by atoms with E-state index in [4.69, 9.17) is 0 Å². The van der Waals surface area contributed by atoms with Crippen LogP contribution in [0.2, 0.25) is 0 Å². The molecule has 0 radical (unpaired) electrons. The van der Waals surface area contributed by atoms with Gasteiger partial charge in [0.15, 0.2) is 0 Å². The standard InChI is InChI=1S/C12H16Br2N2OS/c1-7-4-3-5-8(2)16(7)15-12(17)9-6-10(13)18-11(9)14/h6-8H,3-5H2,1-2H3,(H,15,17). The second kappa shape index (κ2) is 6.03. The Kier molecular flexibility index (Phi) is 4.86. The smallest absolute Gasteiger partial charge is 0.267 e. The highest BCUT2D eigenvalue weighted by molar-refractivity contribution is 9.12. The van der Waals surface area contributed by atoms with Crippen LogP contribution in [0.15, 0.2) is 13.6 Å². The molecule has 1 fully saturated rings. The third-order valence-corrected chi connectivity index (χ3v) is 5.66. The van der Waals surface area contributed by atoms with E-state index in [2.05, 4.69) is 56.1 Å². The summed E-state index contributed by atoms with van der Waals surface area (Å²) in [4.78, 5) is 12.2. The number of nitrogens with one attached hydrogen (secondary N) is 1. The summed E-state index contributed by atoms with van der Waals surface area (Å²) >= 11 is 8.33. The topological polar surface area (TPSA) is 32.3 Å². The predicted octanol–water partition coefficient (Wildman–Crippen LogP) is 4.18. The summed E-state index contributed by atoms with van der Waals surface area (Å²) in [5.74, 6) is -0.0376. The molecule has 0 saturated carbocycles. The van der Waals surface area contributed by atoms with Gasteiger partial charge in [-0.25, -0.2) is 5.01 Å². The van der Waals surface area contributed by atoms with Crippen LogP contribution in [-0.4, -0.2) is 23.0 Å². The van der Waals surface area contributed by atoms with E-state index < -0.39 is 0 Å². The summed E-state index contributed by atoms with van der Waals surface area (Å²) in [5, 5.41) is 2.09. The summed E-state index contributed by atoms with van der Waals surface area (Å²) in [5.41, 5.74) is 3.73. The van der Waals surface area contributed by atoms with Crippen LogP contribution in [0, 0.1) is 0 Å². The molecule has 1 N–H and O–H groups in total. The molecule has 2 rings (SSSR count). The lowest BCUT2D eigenvalue weighted by Crippen LogP contribution is -2.54. The van der Waals surface area contributed by atoms with Crippen LogP contribution in [-0.2, 0) is 0 Å². The highest BCUT2D eigenvalue weighted by Gasteiger charge is 2.27. The first-order chi connectivity index (χ1) is 8.49. The van der Waals surface area contributed by atoms with Gasteiger partial charge in [-0.05, 0) is 64.6 Å². The second-order valence-corrected chi connectivity index (χ2v) is 8.46. The van der Waals surface area contributed by atoms with Crippen molar-refractivity contribution in [1.29, 1.82) is 0 Å². The molecule has 1 aromatic rings. The lowest BCUT2D eigenvalue weighted by Gasteiger charge is -2.38. The minimum absolute atomic E-state index is 0.0376. The Morgan fingerprint density at radius 2 is 2.00 bits per heavy atom. The molecule has 2 atom stereocenters. The summed E-state index contributed by atoms with van der Waals surface area (Å²) in [6.45, 7) is 4.32. The van der Waals surface area contributed by atoms with Gasteiger partial charge < -0.3 is 0 Å². The molecule has 1 aromatic heterocycles. The van der Waals surface area contributed by atoms with Crippen LogP contribution in [0.5, 0.6) is 0 Å². The molecule has 2 heterocycles. The van der Waals surface area contributed by atoms with Crippen LogP contribution in [0.1, 0.15) is 43.5 Å². The lowest BCUT2D eigenvalue weighted by atomic mass is 10.00. The fourth-order valence-corrected chi connectivity index (χ4v) is 5.11. The van der Waals surface area contributed by atoms with E-state index in [1.807, 2.05) is 6.07 Å². The fourth-order valence-electron chi connectivity index (χ4n) is 2.31. The van der Waals surface area contributed by atoms with Crippen molar-refractivity contribution in [3.63, 3.8) is 0 Å². The Morgan fingerprint density at radius 3 is 2.50 bits per heavy atom. The largest absolute Gasteiger partial charge is 0.284 e. The maximum atomic E-state index is 12.2. The monoisotopic (exact) mass is 394 g/mol. The number of piperidine rings is 1. The number of thiophene rings is 1. The third-order valence-electron chi connectivity index (χ3n) is 3.33. The number of carbonyl (C=O) groups excluding carboxylic acids is 1. The summed E-state index contributed by atoms with van der Waals surface area (Å²) < 4.78 is 1.82. The number of rotatable bonds is 2. The molecule has 3 nitrogen and oxygen atoms in total. The SMILES string of the molecule is CC1CCCC(C)N1NC(=O)c1cc(Br)sc1Br. The molecule has 6 heteroatoms. The molecule has 1 aliphatic rings. The van der Waals surface area contributed by atoms with Crippen LogP contribution in [0.25, 0.3) is 0 Å². The van der Waals surface area contributed by atoms with E-state index in [9.17, 15) is 4.79 Å². The summed E-state index contributed by atoms with van der Waals surface area (Å²) in [6, 6.07) is 2.65. The first-order valence-corrected chi connectivity index (χ1v) is 8.43. The van der Waals surface area contributed by atoms with Crippen molar-refractivity contribution in [3.05, 3.63) is 19.2 Å². The van der Waals surface area contributed by atoms with Gasteiger partial charge in [0.05, 0.1) is 13.1 Å². The van der Waals surface area contributed by atoms with Gasteiger partial charge in [0.2, 0.25) is 0 Å². The normalized spacial score (nSPS) is 25.1. The molecular weight excluding hydrogens is 380 g/mol. The van der Waals surface area contributed by atoms with E-state index in [0.717, 1.165) is 20.4 Å². The van der Waals surface area contributed by atoms with Gasteiger partial charge in [-0.15, -0.1) is 11.3 Å². The number of nitrogens with zero attached hydrogens (tertiary/aromatic N) is 1. The zero-order valence-corrected chi connectivity index (χ0v) is 14.4. The first-order valence-electron chi connectivity index (χ1n) is 6.03. The van der Waals surface area contributed by atoms with Crippen molar-refractivity contribution >= 4 is 49.1 Å². The van der Waals surface area contributed by atoms with Gasteiger partial charge in [0.25, 0.3) is 5.91 Å².